The number of aliphatic hydroxyl groups excluding tert-OH is 1. The Hall–Kier alpha value is -0.300. The summed E-state index contributed by atoms with van der Waals surface area (Å²) in [5.41, 5.74) is 1.65. The Morgan fingerprint density at radius 3 is 2.71 bits per heavy atom. The molecule has 1 fully saturated rings. The Kier molecular flexibility index (Phi) is 2.96. The number of hydrogen-bond acceptors (Lipinski definition) is 1. The second kappa shape index (κ2) is 4.06. The highest BCUT2D eigenvalue weighted by Crippen LogP contribution is 2.50. The molecule has 1 nitrogen and oxygen atoms in total. The lowest BCUT2D eigenvalue weighted by atomic mass is 9.93. The van der Waals surface area contributed by atoms with Gasteiger partial charge in [0, 0.05) is 0 Å². The summed E-state index contributed by atoms with van der Waals surface area (Å²) in [6.07, 6.45) is 8.91. The van der Waals surface area contributed by atoms with Gasteiger partial charge < -0.3 is 5.11 Å². The van der Waals surface area contributed by atoms with Gasteiger partial charge in [0.25, 0.3) is 0 Å². The fourth-order valence-electron chi connectivity index (χ4n) is 2.71. The number of allylic oxidation sites excluding steroid dienone is 2. The van der Waals surface area contributed by atoms with Gasteiger partial charge in [-0.2, -0.15) is 0 Å². The first-order valence-electron chi connectivity index (χ1n) is 6.07. The molecule has 3 atom stereocenters. The Labute approximate surface area is 87.2 Å². The van der Waals surface area contributed by atoms with Gasteiger partial charge in [-0.25, -0.2) is 0 Å². The molecular weight excluding hydrogens is 172 g/mol. The molecule has 14 heavy (non-hydrogen) atoms. The first-order valence-corrected chi connectivity index (χ1v) is 6.07. The van der Waals surface area contributed by atoms with Crippen LogP contribution in [0, 0.1) is 17.8 Å². The summed E-state index contributed by atoms with van der Waals surface area (Å²) >= 11 is 0. The van der Waals surface area contributed by atoms with E-state index in [-0.39, 0.29) is 6.10 Å². The summed E-state index contributed by atoms with van der Waals surface area (Å²) in [5, 5.41) is 9.94. The van der Waals surface area contributed by atoms with Crippen molar-refractivity contribution in [1.82, 2.24) is 0 Å². The zero-order chi connectivity index (χ0) is 10.1. The Morgan fingerprint density at radius 2 is 2.14 bits per heavy atom. The maximum Gasteiger partial charge on any atom is 0.0597 e. The van der Waals surface area contributed by atoms with Crippen molar-refractivity contribution in [2.45, 2.75) is 52.1 Å². The van der Waals surface area contributed by atoms with Crippen LogP contribution in [0.15, 0.2) is 11.6 Å². The molecule has 0 bridgehead atoms. The lowest BCUT2D eigenvalue weighted by molar-refractivity contribution is 0.0991. The van der Waals surface area contributed by atoms with Crippen LogP contribution in [0.1, 0.15) is 46.0 Å². The Morgan fingerprint density at radius 1 is 1.36 bits per heavy atom. The molecule has 0 saturated heterocycles. The second-order valence-corrected chi connectivity index (χ2v) is 5.27. The number of hydrogen-bond donors (Lipinski definition) is 1. The number of rotatable bonds is 3. The van der Waals surface area contributed by atoms with Crippen molar-refractivity contribution in [1.29, 1.82) is 0 Å². The van der Waals surface area contributed by atoms with E-state index in [0.29, 0.717) is 11.8 Å². The van der Waals surface area contributed by atoms with E-state index in [1.807, 2.05) is 0 Å². The zero-order valence-electron chi connectivity index (χ0n) is 9.37. The van der Waals surface area contributed by atoms with E-state index in [1.54, 1.807) is 5.57 Å². The molecule has 1 N–H and O–H groups in total. The Bertz CT molecular complexity index is 229. The van der Waals surface area contributed by atoms with Crippen molar-refractivity contribution < 1.29 is 5.11 Å². The lowest BCUT2D eigenvalue weighted by Gasteiger charge is -2.16. The first kappa shape index (κ1) is 10.2. The van der Waals surface area contributed by atoms with Crippen LogP contribution in [0.25, 0.3) is 0 Å². The van der Waals surface area contributed by atoms with E-state index in [4.69, 9.17) is 0 Å². The van der Waals surface area contributed by atoms with Crippen LogP contribution in [-0.4, -0.2) is 11.2 Å². The summed E-state index contributed by atoms with van der Waals surface area (Å²) in [7, 11) is 0. The number of aliphatic hydroxyl groups is 1. The average molecular weight is 194 g/mol. The van der Waals surface area contributed by atoms with E-state index in [9.17, 15) is 5.11 Å². The summed E-state index contributed by atoms with van der Waals surface area (Å²) in [4.78, 5) is 0. The lowest BCUT2D eigenvalue weighted by Crippen LogP contribution is -2.18. The maximum absolute atomic E-state index is 9.94. The molecule has 0 spiro atoms. The second-order valence-electron chi connectivity index (χ2n) is 5.27. The fraction of sp³-hybridized carbons (Fsp3) is 0.846. The van der Waals surface area contributed by atoms with E-state index in [2.05, 4.69) is 19.9 Å². The molecule has 0 aromatic carbocycles. The van der Waals surface area contributed by atoms with Gasteiger partial charge in [0.2, 0.25) is 0 Å². The van der Waals surface area contributed by atoms with Gasteiger partial charge >= 0.3 is 0 Å². The monoisotopic (exact) mass is 194 g/mol. The molecule has 1 heteroatoms. The minimum atomic E-state index is -0.0668. The van der Waals surface area contributed by atoms with Gasteiger partial charge in [0.15, 0.2) is 0 Å². The van der Waals surface area contributed by atoms with Gasteiger partial charge in [-0.1, -0.05) is 25.5 Å². The van der Waals surface area contributed by atoms with Gasteiger partial charge in [0.1, 0.15) is 0 Å². The Balaban J connectivity index is 1.88. The van der Waals surface area contributed by atoms with Crippen molar-refractivity contribution >= 4 is 0 Å². The third-order valence-electron chi connectivity index (χ3n) is 3.76. The maximum atomic E-state index is 9.94. The van der Waals surface area contributed by atoms with E-state index in [0.717, 1.165) is 5.92 Å². The molecule has 0 aromatic rings. The van der Waals surface area contributed by atoms with Crippen LogP contribution in [0.3, 0.4) is 0 Å². The predicted molar refractivity (Wildman–Crippen MR) is 59.0 cm³/mol. The molecule has 1 saturated carbocycles. The highest BCUT2D eigenvalue weighted by Gasteiger charge is 2.44. The van der Waals surface area contributed by atoms with E-state index >= 15 is 0 Å². The predicted octanol–water partition coefficient (Wildman–Crippen LogP) is 3.14. The zero-order valence-corrected chi connectivity index (χ0v) is 9.37. The van der Waals surface area contributed by atoms with Crippen LogP contribution < -0.4 is 0 Å². The normalized spacial score (nSPS) is 34.1. The average Bonchev–Trinajstić information content (AvgIpc) is 2.97. The summed E-state index contributed by atoms with van der Waals surface area (Å²) < 4.78 is 0. The third-order valence-corrected chi connectivity index (χ3v) is 3.76. The molecular formula is C13H22O. The van der Waals surface area contributed by atoms with Crippen molar-refractivity contribution in [2.24, 2.45) is 17.8 Å². The van der Waals surface area contributed by atoms with Crippen molar-refractivity contribution in [3.05, 3.63) is 11.6 Å². The molecule has 2 rings (SSSR count). The van der Waals surface area contributed by atoms with E-state index in [1.165, 1.54) is 32.1 Å². The highest BCUT2D eigenvalue weighted by atomic mass is 16.3. The molecule has 3 unspecified atom stereocenters. The molecule has 0 amide bonds. The molecule has 80 valence electrons. The van der Waals surface area contributed by atoms with Crippen molar-refractivity contribution in [2.75, 3.05) is 0 Å². The SMILES string of the molecule is CC(C)C(O)C1CC1C1=CCCCC1. The third kappa shape index (κ3) is 2.03. The molecule has 0 aromatic heterocycles. The standard InChI is InChI=1S/C13H22O/c1-9(2)13(14)12-8-11(12)10-6-4-3-5-7-10/h6,9,11-14H,3-5,7-8H2,1-2H3. The first-order chi connectivity index (χ1) is 6.70. The summed E-state index contributed by atoms with van der Waals surface area (Å²) in [6.45, 7) is 4.24. The minimum Gasteiger partial charge on any atom is -0.393 e. The molecule has 2 aliphatic rings. The van der Waals surface area contributed by atoms with Crippen LogP contribution in [0.5, 0.6) is 0 Å². The topological polar surface area (TPSA) is 20.2 Å². The molecule has 0 aliphatic heterocycles. The van der Waals surface area contributed by atoms with E-state index < -0.39 is 0 Å². The van der Waals surface area contributed by atoms with Crippen molar-refractivity contribution in [3.63, 3.8) is 0 Å². The van der Waals surface area contributed by atoms with Crippen LogP contribution in [0.4, 0.5) is 0 Å². The molecule has 0 heterocycles. The summed E-state index contributed by atoms with van der Waals surface area (Å²) in [5.74, 6) is 1.75. The van der Waals surface area contributed by atoms with Crippen LogP contribution in [-0.2, 0) is 0 Å². The smallest absolute Gasteiger partial charge is 0.0597 e. The van der Waals surface area contributed by atoms with Crippen LogP contribution in [0.2, 0.25) is 0 Å². The van der Waals surface area contributed by atoms with Gasteiger partial charge in [-0.3, -0.25) is 0 Å². The molecule has 0 radical (unpaired) electrons. The molecule has 2 aliphatic carbocycles. The minimum absolute atomic E-state index is 0.0668. The fourth-order valence-corrected chi connectivity index (χ4v) is 2.71. The van der Waals surface area contributed by atoms with Gasteiger partial charge in [-0.05, 0) is 49.9 Å². The largest absolute Gasteiger partial charge is 0.393 e. The summed E-state index contributed by atoms with van der Waals surface area (Å²) in [6, 6.07) is 0. The highest BCUT2D eigenvalue weighted by molar-refractivity contribution is 5.18. The van der Waals surface area contributed by atoms with Crippen LogP contribution >= 0.6 is 0 Å². The van der Waals surface area contributed by atoms with Gasteiger partial charge in [0.05, 0.1) is 6.10 Å². The quantitative estimate of drug-likeness (QED) is 0.684. The van der Waals surface area contributed by atoms with Gasteiger partial charge in [-0.15, -0.1) is 0 Å². The van der Waals surface area contributed by atoms with Crippen molar-refractivity contribution in [3.8, 4) is 0 Å².